The highest BCUT2D eigenvalue weighted by Gasteiger charge is 2.39. The molecule has 0 fully saturated rings. The quantitative estimate of drug-likeness (QED) is 0.275. The van der Waals surface area contributed by atoms with Gasteiger partial charge in [0.1, 0.15) is 11.5 Å². The van der Waals surface area contributed by atoms with Crippen LogP contribution in [0.2, 0.25) is 18.1 Å². The maximum absolute atomic E-state index is 11.5. The fourth-order valence-electron chi connectivity index (χ4n) is 2.71. The van der Waals surface area contributed by atoms with Crippen LogP contribution in [0.4, 0.5) is 0 Å². The molecule has 0 bridgehead atoms. The van der Waals surface area contributed by atoms with Gasteiger partial charge in [-0.25, -0.2) is 4.79 Å². The summed E-state index contributed by atoms with van der Waals surface area (Å²) in [6.07, 6.45) is 9.95. The molecule has 0 saturated heterocycles. The minimum Gasteiger partial charge on any atom is -0.543 e. The molecule has 1 N–H and O–H groups in total. The van der Waals surface area contributed by atoms with Crippen LogP contribution in [0.15, 0.2) is 18.2 Å². The van der Waals surface area contributed by atoms with Gasteiger partial charge in [-0.05, 0) is 36.7 Å². The van der Waals surface area contributed by atoms with Crippen molar-refractivity contribution >= 4 is 14.3 Å². The van der Waals surface area contributed by atoms with Gasteiger partial charge in [0.05, 0.1) is 12.2 Å². The van der Waals surface area contributed by atoms with Crippen molar-refractivity contribution < 1.29 is 19.1 Å². The van der Waals surface area contributed by atoms with Crippen LogP contribution in [0, 0.1) is 0 Å². The highest BCUT2D eigenvalue weighted by Crippen LogP contribution is 2.38. The normalized spacial score (nSPS) is 12.1. The van der Waals surface area contributed by atoms with Gasteiger partial charge in [0, 0.05) is 6.07 Å². The molecule has 0 aliphatic rings. The van der Waals surface area contributed by atoms with Crippen molar-refractivity contribution in [3.8, 4) is 11.5 Å². The summed E-state index contributed by atoms with van der Waals surface area (Å²) in [6, 6.07) is 5.02. The van der Waals surface area contributed by atoms with Gasteiger partial charge >= 0.3 is 5.97 Å². The number of carbonyl (C=O) groups is 1. The van der Waals surface area contributed by atoms with Crippen molar-refractivity contribution in [3.05, 3.63) is 23.8 Å². The summed E-state index contributed by atoms with van der Waals surface area (Å²) in [5.74, 6) is 0.214. The number of ether oxygens (including phenoxy) is 1. The number of rotatable bonds is 13. The largest absolute Gasteiger partial charge is 0.543 e. The maximum atomic E-state index is 11.5. The zero-order valence-corrected chi connectivity index (χ0v) is 19.8. The van der Waals surface area contributed by atoms with Crippen LogP contribution in [-0.2, 0) is 0 Å². The molecular weight excluding hydrogens is 368 g/mol. The molecule has 0 heterocycles. The molecule has 0 aliphatic carbocycles. The van der Waals surface area contributed by atoms with Crippen LogP contribution < -0.4 is 9.16 Å². The third-order valence-corrected chi connectivity index (χ3v) is 9.93. The number of benzene rings is 1. The van der Waals surface area contributed by atoms with Crippen molar-refractivity contribution in [1.29, 1.82) is 0 Å². The summed E-state index contributed by atoms with van der Waals surface area (Å²) in [5.41, 5.74) is 0.210. The van der Waals surface area contributed by atoms with Gasteiger partial charge in [-0.1, -0.05) is 72.6 Å². The van der Waals surface area contributed by atoms with Gasteiger partial charge in [0.15, 0.2) is 0 Å². The molecule has 0 aliphatic heterocycles. The third-order valence-electron chi connectivity index (χ3n) is 5.57. The Morgan fingerprint density at radius 3 is 2.00 bits per heavy atom. The smallest absolute Gasteiger partial charge is 0.335 e. The van der Waals surface area contributed by atoms with Crippen LogP contribution in [0.3, 0.4) is 0 Å². The van der Waals surface area contributed by atoms with Crippen LogP contribution in [0.25, 0.3) is 0 Å². The van der Waals surface area contributed by atoms with E-state index in [9.17, 15) is 9.90 Å². The zero-order chi connectivity index (χ0) is 21.2. The van der Waals surface area contributed by atoms with Gasteiger partial charge < -0.3 is 14.3 Å². The van der Waals surface area contributed by atoms with Crippen molar-refractivity contribution in [2.45, 2.75) is 97.2 Å². The highest BCUT2D eigenvalue weighted by atomic mass is 28.4. The Morgan fingerprint density at radius 1 is 0.929 bits per heavy atom. The Morgan fingerprint density at radius 2 is 1.46 bits per heavy atom. The molecule has 160 valence electrons. The first kappa shape index (κ1) is 24.5. The fourth-order valence-corrected chi connectivity index (χ4v) is 3.72. The van der Waals surface area contributed by atoms with Crippen LogP contribution in [0.5, 0.6) is 11.5 Å². The van der Waals surface area contributed by atoms with E-state index >= 15 is 0 Å². The number of unbranched alkanes of at least 4 members (excludes halogenated alkanes) is 7. The van der Waals surface area contributed by atoms with Crippen molar-refractivity contribution in [2.24, 2.45) is 0 Å². The summed E-state index contributed by atoms with van der Waals surface area (Å²) >= 11 is 0. The number of hydrogen-bond acceptors (Lipinski definition) is 3. The second kappa shape index (κ2) is 11.5. The number of hydrogen-bond donors (Lipinski definition) is 1. The van der Waals surface area contributed by atoms with Crippen molar-refractivity contribution in [2.75, 3.05) is 6.61 Å². The predicted molar refractivity (Wildman–Crippen MR) is 119 cm³/mol. The first-order valence-corrected chi connectivity index (χ1v) is 13.7. The van der Waals surface area contributed by atoms with E-state index in [0.717, 1.165) is 12.8 Å². The summed E-state index contributed by atoms with van der Waals surface area (Å²) < 4.78 is 12.1. The first-order chi connectivity index (χ1) is 13.1. The average molecular weight is 409 g/mol. The second-order valence-electron chi connectivity index (χ2n) is 9.18. The monoisotopic (exact) mass is 408 g/mol. The zero-order valence-electron chi connectivity index (χ0n) is 18.8. The topological polar surface area (TPSA) is 55.8 Å². The van der Waals surface area contributed by atoms with Crippen molar-refractivity contribution in [1.82, 2.24) is 0 Å². The van der Waals surface area contributed by atoms with E-state index in [1.807, 2.05) is 6.07 Å². The molecule has 5 heteroatoms. The van der Waals surface area contributed by atoms with E-state index in [1.165, 1.54) is 38.5 Å². The Labute approximate surface area is 172 Å². The summed E-state index contributed by atoms with van der Waals surface area (Å²) in [6.45, 7) is 13.7. The minimum atomic E-state index is -2.04. The van der Waals surface area contributed by atoms with E-state index < -0.39 is 14.3 Å². The van der Waals surface area contributed by atoms with Crippen LogP contribution >= 0.6 is 0 Å². The van der Waals surface area contributed by atoms with E-state index in [4.69, 9.17) is 9.16 Å². The lowest BCUT2D eigenvalue weighted by Gasteiger charge is -2.36. The molecular formula is C23H40O4Si. The van der Waals surface area contributed by atoms with E-state index in [-0.39, 0.29) is 10.6 Å². The van der Waals surface area contributed by atoms with Gasteiger partial charge in [-0.2, -0.15) is 0 Å². The Bertz CT molecular complexity index is 605. The molecule has 0 aromatic heterocycles. The maximum Gasteiger partial charge on any atom is 0.335 e. The Kier molecular flexibility index (Phi) is 10.1. The van der Waals surface area contributed by atoms with Crippen LogP contribution in [0.1, 0.15) is 89.4 Å². The summed E-state index contributed by atoms with van der Waals surface area (Å²) in [5, 5.41) is 9.47. The van der Waals surface area contributed by atoms with Crippen LogP contribution in [-0.4, -0.2) is 26.0 Å². The lowest BCUT2D eigenvalue weighted by molar-refractivity contribution is 0.0696. The fraction of sp³-hybridized carbons (Fsp3) is 0.696. The van der Waals surface area contributed by atoms with E-state index in [0.29, 0.717) is 18.1 Å². The molecule has 0 amide bonds. The third kappa shape index (κ3) is 8.68. The molecule has 0 radical (unpaired) electrons. The predicted octanol–water partition coefficient (Wildman–Crippen LogP) is 7.29. The molecule has 1 aromatic carbocycles. The van der Waals surface area contributed by atoms with Gasteiger partial charge in [-0.15, -0.1) is 0 Å². The average Bonchev–Trinajstić information content (AvgIpc) is 2.58. The number of carboxylic acids is 1. The molecule has 0 saturated carbocycles. The molecule has 0 unspecified atom stereocenters. The SMILES string of the molecule is CCCCCCCCCCOc1cc(O[Si](C)(C)C(C)(C)C)cc(C(=O)O)c1. The Hall–Kier alpha value is -1.49. The lowest BCUT2D eigenvalue weighted by atomic mass is 10.1. The van der Waals surface area contributed by atoms with Gasteiger partial charge in [-0.3, -0.25) is 0 Å². The van der Waals surface area contributed by atoms with Gasteiger partial charge in [0.25, 0.3) is 0 Å². The summed E-state index contributed by atoms with van der Waals surface area (Å²) in [4.78, 5) is 11.5. The molecule has 1 rings (SSSR count). The van der Waals surface area contributed by atoms with E-state index in [1.54, 1.807) is 12.1 Å². The minimum absolute atomic E-state index is 0.0460. The molecule has 0 spiro atoms. The Balaban J connectivity index is 2.59. The second-order valence-corrected chi connectivity index (χ2v) is 13.9. The number of carboxylic acid groups (broad SMARTS) is 1. The highest BCUT2D eigenvalue weighted by molar-refractivity contribution is 6.74. The van der Waals surface area contributed by atoms with E-state index in [2.05, 4.69) is 40.8 Å². The first-order valence-electron chi connectivity index (χ1n) is 10.8. The molecule has 0 atom stereocenters. The lowest BCUT2D eigenvalue weighted by Crippen LogP contribution is -2.43. The molecule has 4 nitrogen and oxygen atoms in total. The van der Waals surface area contributed by atoms with Gasteiger partial charge in [0.2, 0.25) is 8.32 Å². The molecule has 28 heavy (non-hydrogen) atoms. The van der Waals surface area contributed by atoms with Crippen molar-refractivity contribution in [3.63, 3.8) is 0 Å². The summed E-state index contributed by atoms with van der Waals surface area (Å²) in [7, 11) is -2.04. The number of aromatic carboxylic acids is 1. The standard InChI is InChI=1S/C23H40O4Si/c1-7-8-9-10-11-12-13-14-15-26-20-16-19(22(24)25)17-21(18-20)27-28(5,6)23(2,3)4/h16-18H,7-15H2,1-6H3,(H,24,25). The molecule has 1 aromatic rings.